The van der Waals surface area contributed by atoms with Crippen molar-refractivity contribution in [2.24, 2.45) is 0 Å². The number of esters is 1. The molecule has 0 saturated heterocycles. The third kappa shape index (κ3) is 4.48. The number of ether oxygens (including phenoxy) is 1. The molecule has 7 heteroatoms. The minimum atomic E-state index is -3.03. The van der Waals surface area contributed by atoms with Crippen molar-refractivity contribution in [2.75, 3.05) is 18.1 Å². The van der Waals surface area contributed by atoms with Crippen LogP contribution in [-0.4, -0.2) is 42.3 Å². The van der Waals surface area contributed by atoms with E-state index in [9.17, 15) is 13.2 Å². The van der Waals surface area contributed by atoms with E-state index < -0.39 is 15.8 Å². The fraction of sp³-hybridized carbons (Fsp3) is 0.636. The zero-order chi connectivity index (χ0) is 13.6. The summed E-state index contributed by atoms with van der Waals surface area (Å²) in [6.07, 6.45) is 3.49. The monoisotopic (exact) mass is 274 g/mol. The summed E-state index contributed by atoms with van der Waals surface area (Å²) in [4.78, 5) is 11.4. The van der Waals surface area contributed by atoms with Crippen molar-refractivity contribution < 1.29 is 17.9 Å². The van der Waals surface area contributed by atoms with Crippen molar-refractivity contribution in [1.29, 1.82) is 0 Å². The lowest BCUT2D eigenvalue weighted by Gasteiger charge is -2.02. The van der Waals surface area contributed by atoms with Crippen LogP contribution in [0.3, 0.4) is 0 Å². The van der Waals surface area contributed by atoms with Gasteiger partial charge in [-0.2, -0.15) is 5.10 Å². The highest BCUT2D eigenvalue weighted by Crippen LogP contribution is 2.02. The standard InChI is InChI=1S/C11H18N2O4S/c1-3-6-18(15,16)7-5-13-9-10(8-12-13)11(14)17-4-2/h8-9H,3-7H2,1-2H3. The highest BCUT2D eigenvalue weighted by Gasteiger charge is 2.12. The summed E-state index contributed by atoms with van der Waals surface area (Å²) in [5.41, 5.74) is 0.338. The number of carbonyl (C=O) groups is 1. The molecule has 0 aliphatic rings. The first-order valence-corrected chi connectivity index (χ1v) is 7.70. The molecule has 1 aromatic rings. The number of rotatable bonds is 7. The predicted molar refractivity (Wildman–Crippen MR) is 67.1 cm³/mol. The zero-order valence-electron chi connectivity index (χ0n) is 10.6. The Bertz CT molecular complexity index is 493. The largest absolute Gasteiger partial charge is 0.462 e. The van der Waals surface area contributed by atoms with Gasteiger partial charge in [0.05, 0.1) is 30.7 Å². The maximum atomic E-state index is 11.5. The van der Waals surface area contributed by atoms with Gasteiger partial charge in [0.1, 0.15) is 0 Å². The van der Waals surface area contributed by atoms with Gasteiger partial charge in [-0.25, -0.2) is 13.2 Å². The number of aromatic nitrogens is 2. The summed E-state index contributed by atoms with van der Waals surface area (Å²) in [6.45, 7) is 4.10. The van der Waals surface area contributed by atoms with E-state index in [-0.39, 0.29) is 18.1 Å². The van der Waals surface area contributed by atoms with E-state index >= 15 is 0 Å². The Morgan fingerprint density at radius 1 is 1.39 bits per heavy atom. The molecule has 18 heavy (non-hydrogen) atoms. The van der Waals surface area contributed by atoms with Crippen LogP contribution < -0.4 is 0 Å². The van der Waals surface area contributed by atoms with Crippen molar-refractivity contribution >= 4 is 15.8 Å². The summed E-state index contributed by atoms with van der Waals surface area (Å²) < 4.78 is 29.3. The van der Waals surface area contributed by atoms with Gasteiger partial charge >= 0.3 is 5.97 Å². The topological polar surface area (TPSA) is 78.3 Å². The van der Waals surface area contributed by atoms with E-state index in [0.29, 0.717) is 18.6 Å². The summed E-state index contributed by atoms with van der Waals surface area (Å²) in [7, 11) is -3.03. The number of hydrogen-bond acceptors (Lipinski definition) is 5. The molecule has 0 aliphatic heterocycles. The first-order chi connectivity index (χ1) is 8.48. The lowest BCUT2D eigenvalue weighted by atomic mass is 10.4. The normalized spacial score (nSPS) is 11.4. The number of sulfone groups is 1. The van der Waals surface area contributed by atoms with Crippen molar-refractivity contribution in [3.63, 3.8) is 0 Å². The first kappa shape index (κ1) is 14.7. The Labute approximate surface area is 107 Å². The Morgan fingerprint density at radius 3 is 2.72 bits per heavy atom. The fourth-order valence-electron chi connectivity index (χ4n) is 1.45. The van der Waals surface area contributed by atoms with Crippen LogP contribution in [0.2, 0.25) is 0 Å². The molecule has 0 bridgehead atoms. The molecule has 1 heterocycles. The van der Waals surface area contributed by atoms with Crippen LogP contribution in [0.1, 0.15) is 30.6 Å². The van der Waals surface area contributed by atoms with Crippen LogP contribution >= 0.6 is 0 Å². The van der Waals surface area contributed by atoms with Gasteiger partial charge in [0.15, 0.2) is 9.84 Å². The molecule has 0 atom stereocenters. The number of carbonyl (C=O) groups excluding carboxylic acids is 1. The van der Waals surface area contributed by atoms with Crippen LogP contribution in [0.5, 0.6) is 0 Å². The minimum absolute atomic E-state index is 0.0325. The average Bonchev–Trinajstić information content (AvgIpc) is 2.75. The number of aryl methyl sites for hydroxylation is 1. The molecular formula is C11H18N2O4S. The summed E-state index contributed by atoms with van der Waals surface area (Å²) in [6, 6.07) is 0. The van der Waals surface area contributed by atoms with Crippen LogP contribution in [0.4, 0.5) is 0 Å². The molecule has 0 aromatic carbocycles. The van der Waals surface area contributed by atoms with Gasteiger partial charge in [0.25, 0.3) is 0 Å². The maximum Gasteiger partial charge on any atom is 0.341 e. The first-order valence-electron chi connectivity index (χ1n) is 5.88. The smallest absolute Gasteiger partial charge is 0.341 e. The van der Waals surface area contributed by atoms with E-state index in [1.54, 1.807) is 6.92 Å². The Balaban J connectivity index is 2.57. The van der Waals surface area contributed by atoms with Crippen LogP contribution in [0.15, 0.2) is 12.4 Å². The van der Waals surface area contributed by atoms with Gasteiger partial charge in [0, 0.05) is 11.9 Å². The Hall–Kier alpha value is -1.37. The molecule has 0 amide bonds. The molecule has 0 fully saturated rings. The third-order valence-corrected chi connectivity index (χ3v) is 4.13. The van der Waals surface area contributed by atoms with Gasteiger partial charge < -0.3 is 4.74 Å². The molecule has 0 unspecified atom stereocenters. The second kappa shape index (κ2) is 6.53. The highest BCUT2D eigenvalue weighted by atomic mass is 32.2. The SMILES string of the molecule is CCCS(=O)(=O)CCn1cc(C(=O)OCC)cn1. The van der Waals surface area contributed by atoms with Crippen molar-refractivity contribution in [1.82, 2.24) is 9.78 Å². The summed E-state index contributed by atoms with van der Waals surface area (Å²) in [5.74, 6) is -0.232. The zero-order valence-corrected chi connectivity index (χ0v) is 11.4. The molecule has 1 aromatic heterocycles. The highest BCUT2D eigenvalue weighted by molar-refractivity contribution is 7.91. The van der Waals surface area contributed by atoms with Crippen molar-refractivity contribution in [2.45, 2.75) is 26.8 Å². The third-order valence-electron chi connectivity index (χ3n) is 2.29. The minimum Gasteiger partial charge on any atom is -0.462 e. The Kier molecular flexibility index (Phi) is 5.33. The Morgan fingerprint density at radius 2 is 2.11 bits per heavy atom. The maximum absolute atomic E-state index is 11.5. The van der Waals surface area contributed by atoms with Crippen LogP contribution in [0, 0.1) is 0 Å². The second-order valence-corrected chi connectivity index (χ2v) is 6.17. The van der Waals surface area contributed by atoms with Crippen molar-refractivity contribution in [3.05, 3.63) is 18.0 Å². The molecule has 0 N–H and O–H groups in total. The average molecular weight is 274 g/mol. The summed E-state index contributed by atoms with van der Waals surface area (Å²) >= 11 is 0. The molecule has 0 radical (unpaired) electrons. The van der Waals surface area contributed by atoms with Crippen molar-refractivity contribution in [3.8, 4) is 0 Å². The molecule has 6 nitrogen and oxygen atoms in total. The predicted octanol–water partition coefficient (Wildman–Crippen LogP) is 0.885. The van der Waals surface area contributed by atoms with Crippen LogP contribution in [-0.2, 0) is 21.1 Å². The van der Waals surface area contributed by atoms with Gasteiger partial charge in [-0.3, -0.25) is 4.68 Å². The lowest BCUT2D eigenvalue weighted by Crippen LogP contribution is -2.16. The van der Waals surface area contributed by atoms with Gasteiger partial charge in [-0.1, -0.05) is 6.92 Å². The van der Waals surface area contributed by atoms with E-state index in [1.807, 2.05) is 6.92 Å². The van der Waals surface area contributed by atoms with Crippen LogP contribution in [0.25, 0.3) is 0 Å². The van der Waals surface area contributed by atoms with Gasteiger partial charge in [-0.15, -0.1) is 0 Å². The second-order valence-electron chi connectivity index (χ2n) is 3.86. The molecular weight excluding hydrogens is 256 g/mol. The molecule has 1 rings (SSSR count). The van der Waals surface area contributed by atoms with E-state index in [0.717, 1.165) is 0 Å². The van der Waals surface area contributed by atoms with Gasteiger partial charge in [0.2, 0.25) is 0 Å². The fourth-order valence-corrected chi connectivity index (χ4v) is 2.74. The summed E-state index contributed by atoms with van der Waals surface area (Å²) in [5, 5.41) is 3.93. The number of nitrogens with zero attached hydrogens (tertiary/aromatic N) is 2. The molecule has 0 aliphatic carbocycles. The lowest BCUT2D eigenvalue weighted by molar-refractivity contribution is 0.0526. The quantitative estimate of drug-likeness (QED) is 0.690. The van der Waals surface area contributed by atoms with E-state index in [4.69, 9.17) is 4.74 Å². The van der Waals surface area contributed by atoms with E-state index in [1.165, 1.54) is 17.1 Å². The van der Waals surface area contributed by atoms with E-state index in [2.05, 4.69) is 5.10 Å². The number of hydrogen-bond donors (Lipinski definition) is 0. The van der Waals surface area contributed by atoms with Gasteiger partial charge in [-0.05, 0) is 13.3 Å². The molecule has 0 spiro atoms. The molecule has 0 saturated carbocycles. The molecule has 102 valence electrons.